The molecule has 0 radical (unpaired) electrons. The zero-order valence-electron chi connectivity index (χ0n) is 14.2. The van der Waals surface area contributed by atoms with Gasteiger partial charge in [0.2, 0.25) is 5.91 Å². The molecule has 0 bridgehead atoms. The smallest absolute Gasteiger partial charge is 0.255 e. The molecular formula is C19H18ClN3O3. The van der Waals surface area contributed by atoms with Crippen LogP contribution in [0.25, 0.3) is 0 Å². The summed E-state index contributed by atoms with van der Waals surface area (Å²) in [7, 11) is 1.51. The Bertz CT molecular complexity index is 886. The van der Waals surface area contributed by atoms with Crippen molar-refractivity contribution >= 4 is 34.8 Å². The van der Waals surface area contributed by atoms with Gasteiger partial charge in [0, 0.05) is 17.6 Å². The topological polar surface area (TPSA) is 70.7 Å². The van der Waals surface area contributed by atoms with E-state index in [1.807, 2.05) is 29.2 Å². The Labute approximate surface area is 156 Å². The fraction of sp³-hybridized carbons (Fsp3) is 0.263. The first-order chi connectivity index (χ1) is 12.6. The molecule has 0 saturated carbocycles. The molecule has 2 aromatic carbocycles. The summed E-state index contributed by atoms with van der Waals surface area (Å²) in [6, 6.07) is 12.2. The van der Waals surface area contributed by atoms with Gasteiger partial charge in [-0.25, -0.2) is 0 Å². The van der Waals surface area contributed by atoms with Gasteiger partial charge in [-0.1, -0.05) is 23.7 Å². The van der Waals surface area contributed by atoms with Gasteiger partial charge in [0.1, 0.15) is 11.8 Å². The van der Waals surface area contributed by atoms with Gasteiger partial charge in [-0.05, 0) is 36.8 Å². The van der Waals surface area contributed by atoms with E-state index < -0.39 is 0 Å². The molecule has 4 rings (SSSR count). The molecule has 2 aliphatic heterocycles. The van der Waals surface area contributed by atoms with E-state index >= 15 is 0 Å². The highest BCUT2D eigenvalue weighted by Crippen LogP contribution is 2.36. The van der Waals surface area contributed by atoms with Crippen LogP contribution in [0.5, 0.6) is 5.75 Å². The van der Waals surface area contributed by atoms with Crippen molar-refractivity contribution in [1.29, 1.82) is 0 Å². The van der Waals surface area contributed by atoms with Gasteiger partial charge in [-0.3, -0.25) is 9.59 Å². The summed E-state index contributed by atoms with van der Waals surface area (Å²) >= 11 is 6.01. The lowest BCUT2D eigenvalue weighted by atomic mass is 10.1. The molecule has 2 heterocycles. The molecule has 2 aromatic rings. The van der Waals surface area contributed by atoms with Crippen LogP contribution in [0.4, 0.5) is 11.4 Å². The maximum absolute atomic E-state index is 12.7. The van der Waals surface area contributed by atoms with Crippen LogP contribution >= 0.6 is 11.6 Å². The predicted molar refractivity (Wildman–Crippen MR) is 100 cm³/mol. The highest BCUT2D eigenvalue weighted by atomic mass is 35.5. The van der Waals surface area contributed by atoms with E-state index in [1.54, 1.807) is 18.2 Å². The molecule has 26 heavy (non-hydrogen) atoms. The zero-order valence-corrected chi connectivity index (χ0v) is 14.9. The van der Waals surface area contributed by atoms with Gasteiger partial charge in [0.05, 0.1) is 24.0 Å². The molecule has 7 heteroatoms. The molecule has 2 atom stereocenters. The summed E-state index contributed by atoms with van der Waals surface area (Å²) in [4.78, 5) is 27.1. The minimum atomic E-state index is -0.281. The SMILES string of the molecule is COc1ccc(Cl)cc1C(=O)NC1CC2C(=O)Nc3ccccc3N2C1. The third-order valence-electron chi connectivity index (χ3n) is 4.82. The van der Waals surface area contributed by atoms with Crippen LogP contribution in [0, 0.1) is 0 Å². The van der Waals surface area contributed by atoms with E-state index in [9.17, 15) is 9.59 Å². The van der Waals surface area contributed by atoms with Crippen LogP contribution in [0.2, 0.25) is 5.02 Å². The number of fused-ring (bicyclic) bond motifs is 3. The van der Waals surface area contributed by atoms with Crippen LogP contribution in [0.15, 0.2) is 42.5 Å². The molecule has 2 N–H and O–H groups in total. The Kier molecular flexibility index (Phi) is 4.20. The number of rotatable bonds is 3. The molecule has 6 nitrogen and oxygen atoms in total. The summed E-state index contributed by atoms with van der Waals surface area (Å²) in [6.45, 7) is 0.573. The molecule has 1 fully saturated rings. The second kappa shape index (κ2) is 6.53. The van der Waals surface area contributed by atoms with Gasteiger partial charge in [-0.2, -0.15) is 0 Å². The second-order valence-corrected chi connectivity index (χ2v) is 6.86. The molecule has 0 aromatic heterocycles. The number of amides is 2. The van der Waals surface area contributed by atoms with Gasteiger partial charge < -0.3 is 20.3 Å². The average molecular weight is 372 g/mol. The number of carbonyl (C=O) groups excluding carboxylic acids is 2. The zero-order chi connectivity index (χ0) is 18.3. The number of nitrogens with zero attached hydrogens (tertiary/aromatic N) is 1. The highest BCUT2D eigenvalue weighted by molar-refractivity contribution is 6.31. The van der Waals surface area contributed by atoms with Crippen molar-refractivity contribution in [2.75, 3.05) is 23.9 Å². The predicted octanol–water partition coefficient (Wildman–Crippen LogP) is 2.68. The fourth-order valence-corrected chi connectivity index (χ4v) is 3.79. The minimum absolute atomic E-state index is 0.0409. The monoisotopic (exact) mass is 371 g/mol. The number of methoxy groups -OCH3 is 1. The third kappa shape index (κ3) is 2.86. The first-order valence-corrected chi connectivity index (χ1v) is 8.75. The Balaban J connectivity index is 1.54. The summed E-state index contributed by atoms with van der Waals surface area (Å²) in [5.74, 6) is 0.161. The van der Waals surface area contributed by atoms with Crippen molar-refractivity contribution in [2.45, 2.75) is 18.5 Å². The van der Waals surface area contributed by atoms with Crippen molar-refractivity contribution in [3.63, 3.8) is 0 Å². The second-order valence-electron chi connectivity index (χ2n) is 6.43. The number of hydrogen-bond donors (Lipinski definition) is 2. The van der Waals surface area contributed by atoms with E-state index in [2.05, 4.69) is 10.6 Å². The molecule has 1 saturated heterocycles. The van der Waals surface area contributed by atoms with E-state index in [0.29, 0.717) is 29.3 Å². The van der Waals surface area contributed by atoms with E-state index in [-0.39, 0.29) is 23.9 Å². The van der Waals surface area contributed by atoms with Crippen molar-refractivity contribution in [3.05, 3.63) is 53.1 Å². The number of carbonyl (C=O) groups is 2. The van der Waals surface area contributed by atoms with Crippen molar-refractivity contribution in [3.8, 4) is 5.75 Å². The quantitative estimate of drug-likeness (QED) is 0.870. The lowest BCUT2D eigenvalue weighted by molar-refractivity contribution is -0.117. The number of halogens is 1. The van der Waals surface area contributed by atoms with Crippen LogP contribution in [0.3, 0.4) is 0 Å². The lowest BCUT2D eigenvalue weighted by Gasteiger charge is -2.32. The van der Waals surface area contributed by atoms with Crippen molar-refractivity contribution < 1.29 is 14.3 Å². The summed E-state index contributed by atoms with van der Waals surface area (Å²) in [5.41, 5.74) is 2.17. The largest absolute Gasteiger partial charge is 0.496 e. The number of nitrogens with one attached hydrogen (secondary N) is 2. The minimum Gasteiger partial charge on any atom is -0.496 e. The highest BCUT2D eigenvalue weighted by Gasteiger charge is 2.41. The van der Waals surface area contributed by atoms with E-state index in [4.69, 9.17) is 16.3 Å². The molecular weight excluding hydrogens is 354 g/mol. The Morgan fingerprint density at radius 1 is 1.31 bits per heavy atom. The number of ether oxygens (including phenoxy) is 1. The Morgan fingerprint density at radius 2 is 2.12 bits per heavy atom. The lowest BCUT2D eigenvalue weighted by Crippen LogP contribution is -2.44. The van der Waals surface area contributed by atoms with Crippen LogP contribution < -0.4 is 20.3 Å². The van der Waals surface area contributed by atoms with Gasteiger partial charge in [-0.15, -0.1) is 0 Å². The van der Waals surface area contributed by atoms with Gasteiger partial charge >= 0.3 is 0 Å². The van der Waals surface area contributed by atoms with Crippen LogP contribution in [-0.4, -0.2) is 37.6 Å². The van der Waals surface area contributed by atoms with Crippen molar-refractivity contribution in [2.24, 2.45) is 0 Å². The maximum Gasteiger partial charge on any atom is 0.255 e. The molecule has 2 unspecified atom stereocenters. The average Bonchev–Trinajstić information content (AvgIpc) is 3.06. The molecule has 0 spiro atoms. The maximum atomic E-state index is 12.7. The first-order valence-electron chi connectivity index (χ1n) is 8.38. The Morgan fingerprint density at radius 3 is 2.92 bits per heavy atom. The standard InChI is InChI=1S/C19H18ClN3O3/c1-26-17-7-6-11(20)8-13(17)18(24)21-12-9-16-19(25)22-14-4-2-3-5-15(14)23(16)10-12/h2-8,12,16H,9-10H2,1H3,(H,21,24)(H,22,25). The van der Waals surface area contributed by atoms with Crippen molar-refractivity contribution in [1.82, 2.24) is 5.32 Å². The number of para-hydroxylation sites is 2. The third-order valence-corrected chi connectivity index (χ3v) is 5.05. The number of anilines is 2. The number of hydrogen-bond acceptors (Lipinski definition) is 4. The van der Waals surface area contributed by atoms with E-state index in [1.165, 1.54) is 7.11 Å². The van der Waals surface area contributed by atoms with Crippen LogP contribution in [0.1, 0.15) is 16.8 Å². The first kappa shape index (κ1) is 16.7. The molecule has 0 aliphatic carbocycles. The molecule has 134 valence electrons. The van der Waals surface area contributed by atoms with E-state index in [0.717, 1.165) is 11.4 Å². The summed E-state index contributed by atoms with van der Waals surface area (Å²) < 4.78 is 5.25. The van der Waals surface area contributed by atoms with Gasteiger partial charge in [0.15, 0.2) is 0 Å². The number of benzene rings is 2. The molecule has 2 aliphatic rings. The fourth-order valence-electron chi connectivity index (χ4n) is 3.62. The van der Waals surface area contributed by atoms with Gasteiger partial charge in [0.25, 0.3) is 5.91 Å². The Hall–Kier alpha value is -2.73. The summed E-state index contributed by atoms with van der Waals surface area (Å²) in [6.07, 6.45) is 0.550. The summed E-state index contributed by atoms with van der Waals surface area (Å²) in [5, 5.41) is 6.40. The van der Waals surface area contributed by atoms with Crippen LogP contribution in [-0.2, 0) is 4.79 Å². The normalized spacial score (nSPS) is 20.8. The molecule has 2 amide bonds.